The van der Waals surface area contributed by atoms with Crippen LogP contribution in [0.5, 0.6) is 0 Å². The fourth-order valence-corrected chi connectivity index (χ4v) is 5.06. The van der Waals surface area contributed by atoms with E-state index in [2.05, 4.69) is 30.3 Å². The highest BCUT2D eigenvalue weighted by Crippen LogP contribution is 2.36. The second-order valence-electron chi connectivity index (χ2n) is 5.05. The molecule has 2 heterocycles. The highest BCUT2D eigenvalue weighted by atomic mass is 32.2. The van der Waals surface area contributed by atoms with Crippen LogP contribution in [0.15, 0.2) is 12.4 Å². The van der Waals surface area contributed by atoms with Gasteiger partial charge in [0.05, 0.1) is 11.7 Å². The number of aryl methyl sites for hydroxylation is 1. The number of ketones is 1. The quantitative estimate of drug-likeness (QED) is 0.837. The minimum Gasteiger partial charge on any atom is -0.335 e. The maximum Gasteiger partial charge on any atom is 0.154 e. The molecule has 5 heteroatoms. The summed E-state index contributed by atoms with van der Waals surface area (Å²) in [6.07, 6.45) is 5.32. The topological polar surface area (TPSA) is 34.9 Å². The molecule has 106 valence electrons. The third-order valence-electron chi connectivity index (χ3n) is 3.51. The Morgan fingerprint density at radius 3 is 2.95 bits per heavy atom. The predicted molar refractivity (Wildman–Crippen MR) is 84.0 cm³/mol. The lowest BCUT2D eigenvalue weighted by molar-refractivity contribution is -0.117. The molecule has 1 saturated heterocycles. The monoisotopic (exact) mass is 298 g/mol. The molecule has 1 aromatic rings. The summed E-state index contributed by atoms with van der Waals surface area (Å²) >= 11 is 3.76. The first-order chi connectivity index (χ1) is 9.11. The molecule has 0 radical (unpaired) electrons. The molecule has 0 bridgehead atoms. The summed E-state index contributed by atoms with van der Waals surface area (Å²) in [7, 11) is 0. The Labute approximate surface area is 123 Å². The molecule has 0 amide bonds. The first-order valence-corrected chi connectivity index (χ1v) is 8.90. The van der Waals surface area contributed by atoms with Gasteiger partial charge in [-0.15, -0.1) is 11.8 Å². The minimum atomic E-state index is 0.142. The molecule has 3 nitrogen and oxygen atoms in total. The molecule has 0 N–H and O–H groups in total. The van der Waals surface area contributed by atoms with Crippen molar-refractivity contribution >= 4 is 29.3 Å². The van der Waals surface area contributed by atoms with Crippen LogP contribution in [0.25, 0.3) is 0 Å². The average Bonchev–Trinajstić information content (AvgIpc) is 2.80. The highest BCUT2D eigenvalue weighted by molar-refractivity contribution is 8.08. The fraction of sp³-hybridized carbons (Fsp3) is 0.714. The molecular weight excluding hydrogens is 276 g/mol. The second-order valence-corrected chi connectivity index (χ2v) is 8.04. The third kappa shape index (κ3) is 3.78. The number of carbonyl (C=O) groups excluding carboxylic acids is 1. The lowest BCUT2D eigenvalue weighted by Crippen LogP contribution is -2.33. The van der Waals surface area contributed by atoms with Crippen LogP contribution in [-0.2, 0) is 17.8 Å². The van der Waals surface area contributed by atoms with E-state index in [0.29, 0.717) is 22.7 Å². The van der Waals surface area contributed by atoms with Gasteiger partial charge in [-0.2, -0.15) is 11.8 Å². The van der Waals surface area contributed by atoms with Crippen molar-refractivity contribution in [3.63, 3.8) is 0 Å². The van der Waals surface area contributed by atoms with E-state index in [1.54, 1.807) is 6.20 Å². The fourth-order valence-electron chi connectivity index (χ4n) is 2.17. The van der Waals surface area contributed by atoms with Gasteiger partial charge >= 0.3 is 0 Å². The summed E-state index contributed by atoms with van der Waals surface area (Å²) in [6, 6.07) is 0. The van der Waals surface area contributed by atoms with Crippen LogP contribution in [-0.4, -0.2) is 36.8 Å². The van der Waals surface area contributed by atoms with Crippen LogP contribution in [0.1, 0.15) is 33.0 Å². The van der Waals surface area contributed by atoms with E-state index in [9.17, 15) is 4.79 Å². The van der Waals surface area contributed by atoms with Crippen molar-refractivity contribution in [3.8, 4) is 0 Å². The Morgan fingerprint density at radius 1 is 1.47 bits per heavy atom. The SMILES string of the molecule is CCCn1ccnc1CC(=O)C1CSC(C)C(C)S1. The van der Waals surface area contributed by atoms with Crippen molar-refractivity contribution in [2.24, 2.45) is 0 Å². The molecule has 1 aromatic heterocycles. The van der Waals surface area contributed by atoms with Crippen molar-refractivity contribution in [3.05, 3.63) is 18.2 Å². The van der Waals surface area contributed by atoms with E-state index in [1.165, 1.54) is 0 Å². The molecule has 3 unspecified atom stereocenters. The van der Waals surface area contributed by atoms with Gasteiger partial charge in [0.25, 0.3) is 0 Å². The van der Waals surface area contributed by atoms with E-state index in [1.807, 2.05) is 29.7 Å². The van der Waals surface area contributed by atoms with E-state index in [0.717, 1.165) is 24.5 Å². The Balaban J connectivity index is 1.95. The predicted octanol–water partition coefficient (Wildman–Crippen LogP) is 3.03. The Kier molecular flexibility index (Phi) is 5.39. The number of rotatable bonds is 5. The summed E-state index contributed by atoms with van der Waals surface area (Å²) in [5, 5.41) is 1.35. The largest absolute Gasteiger partial charge is 0.335 e. The van der Waals surface area contributed by atoms with Crippen molar-refractivity contribution in [2.45, 2.75) is 55.9 Å². The Hall–Kier alpha value is -0.420. The zero-order chi connectivity index (χ0) is 13.8. The maximum absolute atomic E-state index is 12.4. The molecule has 1 fully saturated rings. The zero-order valence-corrected chi connectivity index (χ0v) is 13.5. The van der Waals surface area contributed by atoms with Gasteiger partial charge in [0.2, 0.25) is 0 Å². The van der Waals surface area contributed by atoms with E-state index in [4.69, 9.17) is 0 Å². The Bertz CT molecular complexity index is 433. The molecule has 0 saturated carbocycles. The first-order valence-electron chi connectivity index (χ1n) is 6.91. The summed E-state index contributed by atoms with van der Waals surface area (Å²) in [4.78, 5) is 16.7. The average molecular weight is 298 g/mol. The lowest BCUT2D eigenvalue weighted by Gasteiger charge is -2.30. The summed E-state index contributed by atoms with van der Waals surface area (Å²) in [5.41, 5.74) is 0. The number of nitrogens with zero attached hydrogens (tertiary/aromatic N) is 2. The Morgan fingerprint density at radius 2 is 2.26 bits per heavy atom. The summed E-state index contributed by atoms with van der Waals surface area (Å²) in [6.45, 7) is 7.56. The van der Waals surface area contributed by atoms with E-state index < -0.39 is 0 Å². The first kappa shape index (κ1) is 15.0. The van der Waals surface area contributed by atoms with Crippen molar-refractivity contribution in [1.82, 2.24) is 9.55 Å². The third-order valence-corrected chi connectivity index (χ3v) is 6.95. The molecule has 1 aliphatic heterocycles. The summed E-state index contributed by atoms with van der Waals surface area (Å²) < 4.78 is 2.10. The lowest BCUT2D eigenvalue weighted by atomic mass is 10.2. The van der Waals surface area contributed by atoms with Gasteiger partial charge in [-0.1, -0.05) is 20.8 Å². The van der Waals surface area contributed by atoms with Crippen LogP contribution in [0.4, 0.5) is 0 Å². The van der Waals surface area contributed by atoms with Crippen molar-refractivity contribution < 1.29 is 4.79 Å². The number of hydrogen-bond acceptors (Lipinski definition) is 4. The second kappa shape index (κ2) is 6.84. The molecule has 0 spiro atoms. The summed E-state index contributed by atoms with van der Waals surface area (Å²) in [5.74, 6) is 2.20. The van der Waals surface area contributed by atoms with Crippen LogP contribution in [0, 0.1) is 0 Å². The van der Waals surface area contributed by atoms with Crippen LogP contribution >= 0.6 is 23.5 Å². The highest BCUT2D eigenvalue weighted by Gasteiger charge is 2.30. The van der Waals surface area contributed by atoms with E-state index in [-0.39, 0.29) is 5.25 Å². The van der Waals surface area contributed by atoms with Gasteiger partial charge in [-0.05, 0) is 6.42 Å². The van der Waals surface area contributed by atoms with Gasteiger partial charge in [-0.3, -0.25) is 4.79 Å². The maximum atomic E-state index is 12.4. The molecule has 0 aromatic carbocycles. The van der Waals surface area contributed by atoms with Gasteiger partial charge < -0.3 is 4.57 Å². The molecule has 19 heavy (non-hydrogen) atoms. The molecule has 3 atom stereocenters. The standard InChI is InChI=1S/C14H22N2OS2/c1-4-6-16-7-5-15-14(16)8-12(17)13-9-18-10(2)11(3)19-13/h5,7,10-11,13H,4,6,8-9H2,1-3H3. The van der Waals surface area contributed by atoms with Gasteiger partial charge in [0.1, 0.15) is 5.82 Å². The number of carbonyl (C=O) groups is 1. The number of Topliss-reactive ketones (excluding diaryl/α,β-unsaturated/α-hetero) is 1. The number of hydrogen-bond donors (Lipinski definition) is 0. The zero-order valence-electron chi connectivity index (χ0n) is 11.8. The molecule has 1 aliphatic rings. The van der Waals surface area contributed by atoms with Crippen molar-refractivity contribution in [2.75, 3.05) is 5.75 Å². The molecule has 2 rings (SSSR count). The van der Waals surface area contributed by atoms with Gasteiger partial charge in [-0.25, -0.2) is 4.98 Å². The van der Waals surface area contributed by atoms with E-state index >= 15 is 0 Å². The smallest absolute Gasteiger partial charge is 0.154 e. The van der Waals surface area contributed by atoms with Gasteiger partial charge in [0.15, 0.2) is 5.78 Å². The normalized spacial score (nSPS) is 27.4. The van der Waals surface area contributed by atoms with Crippen molar-refractivity contribution in [1.29, 1.82) is 0 Å². The van der Waals surface area contributed by atoms with Crippen LogP contribution in [0.3, 0.4) is 0 Å². The molecular formula is C14H22N2OS2. The van der Waals surface area contributed by atoms with Gasteiger partial charge in [0, 0.05) is 35.2 Å². The number of thioether (sulfide) groups is 2. The molecule has 0 aliphatic carbocycles. The number of aromatic nitrogens is 2. The minimum absolute atomic E-state index is 0.142. The van der Waals surface area contributed by atoms with Crippen LogP contribution < -0.4 is 0 Å². The van der Waals surface area contributed by atoms with Crippen LogP contribution in [0.2, 0.25) is 0 Å². The number of imidazole rings is 1.